The minimum absolute atomic E-state index is 0.0139. The molecule has 4 aliphatic rings. The van der Waals surface area contributed by atoms with Crippen molar-refractivity contribution < 1.29 is 19.5 Å². The second-order valence-electron chi connectivity index (χ2n) is 10.7. The normalized spacial score (nSPS) is 30.8. The number of para-hydroxylation sites is 1. The molecule has 2 amide bonds. The van der Waals surface area contributed by atoms with E-state index in [0.29, 0.717) is 0 Å². The first-order chi connectivity index (χ1) is 18.5. The number of carbonyl (C=O) groups is 3. The molecule has 2 aliphatic carbocycles. The molecular weight excluding hydrogens is 520 g/mol. The Hall–Kier alpha value is -3.17. The van der Waals surface area contributed by atoms with Crippen LogP contribution in [-0.4, -0.2) is 44.2 Å². The molecule has 3 heterocycles. The molecule has 9 heteroatoms. The molecule has 0 unspecified atom stereocenters. The third-order valence-electron chi connectivity index (χ3n) is 8.91. The molecule has 3 fully saturated rings. The number of likely N-dealkylation sites (tertiary alicyclic amines) is 1. The lowest BCUT2D eigenvalue weighted by molar-refractivity contribution is -0.142. The van der Waals surface area contributed by atoms with E-state index in [1.807, 2.05) is 53.1 Å². The van der Waals surface area contributed by atoms with Gasteiger partial charge in [-0.3, -0.25) is 28.6 Å². The molecule has 1 N–H and O–H groups in total. The van der Waals surface area contributed by atoms with E-state index < -0.39 is 5.97 Å². The Kier molecular flexibility index (Phi) is 5.63. The number of carboxylic acids is 1. The van der Waals surface area contributed by atoms with Crippen LogP contribution >= 0.6 is 23.1 Å². The van der Waals surface area contributed by atoms with Gasteiger partial charge in [0.1, 0.15) is 0 Å². The van der Waals surface area contributed by atoms with Crippen LogP contribution in [0.4, 0.5) is 0 Å². The van der Waals surface area contributed by atoms with Crippen LogP contribution in [0.25, 0.3) is 5.69 Å². The second kappa shape index (κ2) is 8.95. The largest absolute Gasteiger partial charge is 0.481 e. The fourth-order valence-corrected chi connectivity index (χ4v) is 10.7. The van der Waals surface area contributed by atoms with Crippen molar-refractivity contribution in [3.8, 4) is 5.69 Å². The van der Waals surface area contributed by atoms with E-state index >= 15 is 0 Å². The highest BCUT2D eigenvalue weighted by atomic mass is 32.2. The van der Waals surface area contributed by atoms with E-state index in [2.05, 4.69) is 12.1 Å². The average molecular weight is 547 g/mol. The van der Waals surface area contributed by atoms with E-state index in [1.165, 1.54) is 16.2 Å². The van der Waals surface area contributed by atoms with Gasteiger partial charge >= 0.3 is 10.8 Å². The zero-order valence-corrected chi connectivity index (χ0v) is 22.1. The van der Waals surface area contributed by atoms with Crippen LogP contribution in [0.5, 0.6) is 0 Å². The third-order valence-corrected chi connectivity index (χ3v) is 11.6. The summed E-state index contributed by atoms with van der Waals surface area (Å²) in [5.41, 5.74) is 1.98. The Morgan fingerprint density at radius 3 is 2.26 bits per heavy atom. The summed E-state index contributed by atoms with van der Waals surface area (Å²) in [4.78, 5) is 53.9. The molecule has 0 radical (unpaired) electrons. The Morgan fingerprint density at radius 2 is 1.58 bits per heavy atom. The lowest BCUT2D eigenvalue weighted by Gasteiger charge is -2.43. The number of rotatable bonds is 6. The summed E-state index contributed by atoms with van der Waals surface area (Å²) in [5, 5.41) is 10.1. The highest BCUT2D eigenvalue weighted by Gasteiger charge is 2.69. The Labute approximate surface area is 227 Å². The quantitative estimate of drug-likeness (QED) is 0.465. The van der Waals surface area contributed by atoms with Crippen molar-refractivity contribution in [2.24, 2.45) is 29.6 Å². The van der Waals surface area contributed by atoms with Crippen LogP contribution in [0, 0.1) is 29.6 Å². The van der Waals surface area contributed by atoms with Gasteiger partial charge < -0.3 is 5.11 Å². The van der Waals surface area contributed by atoms with Crippen LogP contribution in [0.2, 0.25) is 0 Å². The number of aliphatic carboxylic acids is 1. The summed E-state index contributed by atoms with van der Waals surface area (Å²) in [6, 6.07) is 19.9. The Bertz CT molecular complexity index is 1500. The maximum atomic E-state index is 13.6. The summed E-state index contributed by atoms with van der Waals surface area (Å²) < 4.78 is 1.82. The van der Waals surface area contributed by atoms with Gasteiger partial charge in [0, 0.05) is 29.0 Å². The zero-order chi connectivity index (χ0) is 26.1. The number of benzene rings is 2. The number of hydrogen-bond acceptors (Lipinski definition) is 6. The van der Waals surface area contributed by atoms with Crippen LogP contribution in [0.1, 0.15) is 35.6 Å². The Balaban J connectivity index is 1.31. The summed E-state index contributed by atoms with van der Waals surface area (Å²) in [5.74, 6) is -1.63. The number of hydrogen-bond donors (Lipinski definition) is 1. The van der Waals surface area contributed by atoms with Gasteiger partial charge in [-0.05, 0) is 48.3 Å². The van der Waals surface area contributed by atoms with E-state index in [1.54, 1.807) is 11.8 Å². The summed E-state index contributed by atoms with van der Waals surface area (Å²) in [7, 11) is 0. The molecule has 2 aromatic carbocycles. The molecule has 2 saturated carbocycles. The van der Waals surface area contributed by atoms with Crippen molar-refractivity contribution in [2.75, 3.05) is 6.54 Å². The molecule has 7 atom stereocenters. The van der Waals surface area contributed by atoms with Crippen molar-refractivity contribution in [3.63, 3.8) is 0 Å². The van der Waals surface area contributed by atoms with Crippen LogP contribution in [0.3, 0.4) is 0 Å². The monoisotopic (exact) mass is 546 g/mol. The molecule has 38 heavy (non-hydrogen) atoms. The number of aromatic nitrogens is 1. The SMILES string of the molecule is O=C(O)CCCN1C(=O)[C@@H]2[C@H]3C[C@@H]([C@@H]2C1=O)[C@@H]1[C@H](c2ccccc2)c2sc(=O)n(-c4ccccc4)c2S[C@@H]31. The minimum Gasteiger partial charge on any atom is -0.481 e. The summed E-state index contributed by atoms with van der Waals surface area (Å²) in [6.07, 6.45) is 1.05. The summed E-state index contributed by atoms with van der Waals surface area (Å²) in [6.45, 7) is 0.169. The van der Waals surface area contributed by atoms with Crippen LogP contribution in [0.15, 0.2) is 70.5 Å². The highest BCUT2D eigenvalue weighted by molar-refractivity contribution is 8.00. The van der Waals surface area contributed by atoms with E-state index in [0.717, 1.165) is 27.6 Å². The van der Waals surface area contributed by atoms with Crippen molar-refractivity contribution in [2.45, 2.75) is 35.5 Å². The molecule has 194 valence electrons. The molecule has 2 bridgehead atoms. The predicted molar refractivity (Wildman–Crippen MR) is 144 cm³/mol. The second-order valence-corrected chi connectivity index (χ2v) is 12.9. The van der Waals surface area contributed by atoms with Gasteiger partial charge in [-0.15, -0.1) is 11.8 Å². The first-order valence-electron chi connectivity index (χ1n) is 13.1. The average Bonchev–Trinajstić information content (AvgIpc) is 3.64. The zero-order valence-electron chi connectivity index (χ0n) is 20.4. The molecule has 2 aliphatic heterocycles. The van der Waals surface area contributed by atoms with E-state index in [-0.39, 0.29) is 76.8 Å². The number of carbonyl (C=O) groups excluding carboxylic acids is 2. The maximum Gasteiger partial charge on any atom is 0.312 e. The molecule has 1 aromatic heterocycles. The van der Waals surface area contributed by atoms with Crippen molar-refractivity contribution >= 4 is 40.9 Å². The summed E-state index contributed by atoms with van der Waals surface area (Å²) >= 11 is 3.02. The molecule has 1 saturated heterocycles. The fourth-order valence-electron chi connectivity index (χ4n) is 7.58. The molecule has 7 rings (SSSR count). The van der Waals surface area contributed by atoms with Gasteiger partial charge in [0.15, 0.2) is 0 Å². The van der Waals surface area contributed by atoms with Gasteiger partial charge in [-0.25, -0.2) is 0 Å². The minimum atomic E-state index is -0.923. The highest BCUT2D eigenvalue weighted by Crippen LogP contribution is 2.68. The fraction of sp³-hybridized carbons (Fsp3) is 0.379. The van der Waals surface area contributed by atoms with E-state index in [4.69, 9.17) is 5.11 Å². The number of carboxylic acid groups (broad SMARTS) is 1. The van der Waals surface area contributed by atoms with Gasteiger partial charge in [0.2, 0.25) is 11.8 Å². The molecule has 3 aromatic rings. The molecular formula is C29H26N2O5S2. The number of thiazole rings is 1. The lowest BCUT2D eigenvalue weighted by atomic mass is 9.68. The first-order valence-corrected chi connectivity index (χ1v) is 14.7. The predicted octanol–water partition coefficient (Wildman–Crippen LogP) is 4.24. The maximum absolute atomic E-state index is 13.6. The van der Waals surface area contributed by atoms with Crippen molar-refractivity contribution in [3.05, 3.63) is 80.8 Å². The smallest absolute Gasteiger partial charge is 0.312 e. The van der Waals surface area contributed by atoms with Crippen LogP contribution in [-0.2, 0) is 14.4 Å². The topological polar surface area (TPSA) is 96.7 Å². The molecule has 7 nitrogen and oxygen atoms in total. The number of fused-ring (bicyclic) bond motifs is 9. The van der Waals surface area contributed by atoms with E-state index in [9.17, 15) is 19.2 Å². The lowest BCUT2D eigenvalue weighted by Crippen LogP contribution is -2.43. The number of thioether (sulfide) groups is 1. The molecule has 0 spiro atoms. The van der Waals surface area contributed by atoms with Gasteiger partial charge in [0.25, 0.3) is 0 Å². The van der Waals surface area contributed by atoms with Crippen LogP contribution < -0.4 is 4.87 Å². The number of amides is 2. The number of imide groups is 1. The third kappa shape index (κ3) is 3.41. The van der Waals surface area contributed by atoms with Gasteiger partial charge in [-0.1, -0.05) is 59.9 Å². The number of nitrogens with zero attached hydrogens (tertiary/aromatic N) is 2. The Morgan fingerprint density at radius 1 is 0.921 bits per heavy atom. The standard InChI is InChI=1S/C29H26N2O5S2/c32-19(33)12-7-13-30-26(34)22-17-14-18(23(22)27(30)35)24-21(17)20(15-8-3-1-4-9-15)25-28(37-24)31(29(36)38-25)16-10-5-2-6-11-16/h1-6,8-11,17-18,20-24H,7,12-14H2,(H,32,33)/t17-,18-,20+,21-,22+,23-,24+/m1/s1. The van der Waals surface area contributed by atoms with Gasteiger partial charge in [-0.2, -0.15) is 0 Å². The van der Waals surface area contributed by atoms with Crippen molar-refractivity contribution in [1.29, 1.82) is 0 Å². The first kappa shape index (κ1) is 23.9. The van der Waals surface area contributed by atoms with Crippen molar-refractivity contribution in [1.82, 2.24) is 9.47 Å². The van der Waals surface area contributed by atoms with Gasteiger partial charge in [0.05, 0.1) is 22.5 Å².